The Hall–Kier alpha value is -2.28. The van der Waals surface area contributed by atoms with Crippen LogP contribution in [0.1, 0.15) is 40.5 Å². The van der Waals surface area contributed by atoms with Gasteiger partial charge in [-0.2, -0.15) is 0 Å². The summed E-state index contributed by atoms with van der Waals surface area (Å²) in [4.78, 5) is 12.5. The fraction of sp³-hybridized carbons (Fsp3) is 0.303. The molecule has 1 saturated carbocycles. The van der Waals surface area contributed by atoms with Crippen molar-refractivity contribution >= 4 is 42.5 Å². The fourth-order valence-electron chi connectivity index (χ4n) is 5.76. The third-order valence-electron chi connectivity index (χ3n) is 8.17. The van der Waals surface area contributed by atoms with Gasteiger partial charge in [0.1, 0.15) is 0 Å². The van der Waals surface area contributed by atoms with E-state index in [-0.39, 0.29) is 17.3 Å². The molecule has 0 radical (unpaired) electrons. The number of hydrogen-bond acceptors (Lipinski definition) is 1. The predicted octanol–water partition coefficient (Wildman–Crippen LogP) is 7.97. The summed E-state index contributed by atoms with van der Waals surface area (Å²) in [5.74, 6) is 0.734. The number of Topliss-reactive ketones (excluding diaryl/α,β-unsaturated/α-hetero) is 1. The molecule has 3 aromatic carbocycles. The van der Waals surface area contributed by atoms with E-state index in [2.05, 4.69) is 152 Å². The maximum atomic E-state index is 12.5. The van der Waals surface area contributed by atoms with Crippen LogP contribution < -0.4 is 15.9 Å². The van der Waals surface area contributed by atoms with Crippen LogP contribution >= 0.6 is 20.8 Å². The minimum absolute atomic E-state index is 0.0752. The van der Waals surface area contributed by atoms with Gasteiger partial charge in [-0.25, -0.2) is 0 Å². The number of halogens is 1. The fourth-order valence-corrected chi connectivity index (χ4v) is 12.9. The van der Waals surface area contributed by atoms with E-state index < -0.39 is 5.31 Å². The summed E-state index contributed by atoms with van der Waals surface area (Å²) >= 11 is 4.53. The summed E-state index contributed by atoms with van der Waals surface area (Å²) in [6.45, 7) is 8.89. The summed E-state index contributed by atoms with van der Waals surface area (Å²) in [5, 5.41) is 0.985. The van der Waals surface area contributed by atoms with E-state index in [0.29, 0.717) is 12.2 Å². The number of carbonyl (C=O) groups is 1. The summed E-state index contributed by atoms with van der Waals surface area (Å²) in [5.41, 5.74) is 1.36. The second-order valence-corrected chi connectivity index (χ2v) is 19.9. The van der Waals surface area contributed by atoms with Gasteiger partial charge in [-0.05, 0) is 0 Å². The Labute approximate surface area is 225 Å². The van der Waals surface area contributed by atoms with Crippen molar-refractivity contribution in [1.82, 2.24) is 0 Å². The third kappa shape index (κ3) is 4.96. The molecule has 0 aromatic heterocycles. The van der Waals surface area contributed by atoms with Crippen LogP contribution in [-0.4, -0.2) is 11.9 Å². The third-order valence-corrected chi connectivity index (χ3v) is 17.7. The van der Waals surface area contributed by atoms with E-state index in [1.54, 1.807) is 0 Å². The van der Waals surface area contributed by atoms with Gasteiger partial charge in [0.15, 0.2) is 0 Å². The van der Waals surface area contributed by atoms with Gasteiger partial charge >= 0.3 is 226 Å². The summed E-state index contributed by atoms with van der Waals surface area (Å²) in [7, 11) is 0. The molecule has 1 nitrogen and oxygen atoms in total. The molecular formula is C33H38BrOP. The second kappa shape index (κ2) is 10.6. The van der Waals surface area contributed by atoms with Gasteiger partial charge in [-0.1, -0.05) is 0 Å². The van der Waals surface area contributed by atoms with Crippen molar-refractivity contribution in [3.05, 3.63) is 115 Å². The molecule has 0 N–H and O–H groups in total. The van der Waals surface area contributed by atoms with E-state index in [4.69, 9.17) is 0 Å². The van der Waals surface area contributed by atoms with Gasteiger partial charge in [-0.3, -0.25) is 0 Å². The molecule has 1 aliphatic carbocycles. The standard InChI is InChI=1S/C33H38BrOP/c1-26(20-21-31-27(2)32(35)22-24-33(31,3)4)23-25-36(34,28-14-8-5-9-15-28,29-16-10-6-11-17-29)30-18-12-7-13-19-30/h5-21,23,27,31H,22,24-25H2,1-4H3. The molecular weight excluding hydrogens is 523 g/mol. The van der Waals surface area contributed by atoms with Crippen molar-refractivity contribution < 1.29 is 4.79 Å². The Morgan fingerprint density at radius 1 is 0.889 bits per heavy atom. The normalized spacial score (nSPS) is 21.8. The number of ketones is 1. The molecule has 1 aliphatic rings. The summed E-state index contributed by atoms with van der Waals surface area (Å²) in [6.07, 6.45) is 9.46. The maximum absolute atomic E-state index is 12.5. The van der Waals surface area contributed by atoms with Gasteiger partial charge in [0.25, 0.3) is 0 Å². The number of rotatable bonds is 7. The number of allylic oxidation sites excluding steroid dienone is 4. The number of hydrogen-bond donors (Lipinski definition) is 0. The molecule has 3 aromatic rings. The van der Waals surface area contributed by atoms with Crippen molar-refractivity contribution in [1.29, 1.82) is 0 Å². The predicted molar refractivity (Wildman–Crippen MR) is 163 cm³/mol. The van der Waals surface area contributed by atoms with Crippen molar-refractivity contribution in [3.8, 4) is 0 Å². The molecule has 2 atom stereocenters. The number of benzene rings is 3. The van der Waals surface area contributed by atoms with Crippen LogP contribution in [0.5, 0.6) is 0 Å². The molecule has 1 fully saturated rings. The molecule has 4 rings (SSSR count). The van der Waals surface area contributed by atoms with E-state index in [0.717, 1.165) is 12.6 Å². The molecule has 2 unspecified atom stereocenters. The van der Waals surface area contributed by atoms with Crippen LogP contribution in [-0.2, 0) is 4.79 Å². The quantitative estimate of drug-likeness (QED) is 0.211. The molecule has 0 bridgehead atoms. The molecule has 0 spiro atoms. The van der Waals surface area contributed by atoms with Crippen LogP contribution in [0.2, 0.25) is 0 Å². The average molecular weight is 562 g/mol. The Morgan fingerprint density at radius 2 is 1.33 bits per heavy atom. The van der Waals surface area contributed by atoms with E-state index in [1.165, 1.54) is 21.5 Å². The van der Waals surface area contributed by atoms with E-state index in [1.807, 2.05) is 0 Å². The van der Waals surface area contributed by atoms with Gasteiger partial charge < -0.3 is 0 Å². The summed E-state index contributed by atoms with van der Waals surface area (Å²) < 4.78 is 0. The van der Waals surface area contributed by atoms with Crippen LogP contribution in [0.3, 0.4) is 0 Å². The minimum atomic E-state index is -2.98. The number of carbonyl (C=O) groups excluding carboxylic acids is 1. The van der Waals surface area contributed by atoms with Gasteiger partial charge in [0.05, 0.1) is 0 Å². The Kier molecular flexibility index (Phi) is 7.89. The molecule has 3 heteroatoms. The average Bonchev–Trinajstić information content (AvgIpc) is 2.91. The molecule has 0 amide bonds. The van der Waals surface area contributed by atoms with Crippen LogP contribution in [0.15, 0.2) is 115 Å². The molecule has 188 valence electrons. The SMILES string of the molecule is CC(C=CC1C(C)C(=O)CCC1(C)C)=CCP(Br)(c1ccccc1)(c1ccccc1)c1ccccc1. The first kappa shape index (κ1) is 26.8. The van der Waals surface area contributed by atoms with Crippen molar-refractivity contribution in [2.45, 2.75) is 40.5 Å². The zero-order chi connectivity index (χ0) is 25.8. The first-order valence-corrected chi connectivity index (χ1v) is 17.4. The molecule has 0 saturated heterocycles. The Morgan fingerprint density at radius 3 is 1.78 bits per heavy atom. The van der Waals surface area contributed by atoms with Gasteiger partial charge in [0, 0.05) is 0 Å². The molecule has 36 heavy (non-hydrogen) atoms. The first-order chi connectivity index (χ1) is 17.2. The first-order valence-electron chi connectivity index (χ1n) is 12.9. The molecule has 0 heterocycles. The van der Waals surface area contributed by atoms with Crippen molar-refractivity contribution in [2.75, 3.05) is 6.16 Å². The Balaban J connectivity index is 1.80. The topological polar surface area (TPSA) is 17.1 Å². The molecule has 0 aliphatic heterocycles. The van der Waals surface area contributed by atoms with Gasteiger partial charge in [0.2, 0.25) is 0 Å². The van der Waals surface area contributed by atoms with Crippen molar-refractivity contribution in [3.63, 3.8) is 0 Å². The van der Waals surface area contributed by atoms with Crippen molar-refractivity contribution in [2.24, 2.45) is 17.3 Å². The van der Waals surface area contributed by atoms with E-state index >= 15 is 0 Å². The summed E-state index contributed by atoms with van der Waals surface area (Å²) in [6, 6.07) is 32.7. The van der Waals surface area contributed by atoms with Gasteiger partial charge in [-0.15, -0.1) is 0 Å². The van der Waals surface area contributed by atoms with Crippen LogP contribution in [0.4, 0.5) is 0 Å². The van der Waals surface area contributed by atoms with Crippen LogP contribution in [0, 0.1) is 17.3 Å². The second-order valence-electron chi connectivity index (χ2n) is 10.9. The zero-order valence-electron chi connectivity index (χ0n) is 21.9. The monoisotopic (exact) mass is 560 g/mol. The zero-order valence-corrected chi connectivity index (χ0v) is 24.4. The Bertz CT molecular complexity index is 1150. The van der Waals surface area contributed by atoms with E-state index in [9.17, 15) is 4.79 Å². The van der Waals surface area contributed by atoms with Crippen LogP contribution in [0.25, 0.3) is 0 Å².